The van der Waals surface area contributed by atoms with Gasteiger partial charge in [0, 0.05) is 18.7 Å². The van der Waals surface area contributed by atoms with Gasteiger partial charge in [0.15, 0.2) is 0 Å². The van der Waals surface area contributed by atoms with Gasteiger partial charge in [0.2, 0.25) is 0 Å². The van der Waals surface area contributed by atoms with E-state index in [1.165, 1.54) is 6.07 Å². The van der Waals surface area contributed by atoms with Crippen LogP contribution in [0.2, 0.25) is 0 Å². The molecule has 4 nitrogen and oxygen atoms in total. The van der Waals surface area contributed by atoms with E-state index in [-0.39, 0.29) is 5.82 Å². The first kappa shape index (κ1) is 10.4. The van der Waals surface area contributed by atoms with E-state index < -0.39 is 0 Å². The SMILES string of the molecule is Cc1ccc(F)c(-c2cn(C3CNC3)nn2)c1. The summed E-state index contributed by atoms with van der Waals surface area (Å²) in [6.07, 6.45) is 1.81. The fraction of sp³-hybridized carbons (Fsp3) is 0.333. The minimum Gasteiger partial charge on any atom is -0.312 e. The van der Waals surface area contributed by atoms with E-state index in [0.717, 1.165) is 18.7 Å². The minimum absolute atomic E-state index is 0.255. The van der Waals surface area contributed by atoms with Crippen molar-refractivity contribution in [3.8, 4) is 11.3 Å². The van der Waals surface area contributed by atoms with Crippen LogP contribution in [0, 0.1) is 12.7 Å². The molecule has 0 aliphatic carbocycles. The van der Waals surface area contributed by atoms with Crippen molar-refractivity contribution in [3.63, 3.8) is 0 Å². The second-order valence-corrected chi connectivity index (χ2v) is 4.38. The predicted octanol–water partition coefficient (Wildman–Crippen LogP) is 1.54. The second kappa shape index (κ2) is 3.92. The third-order valence-corrected chi connectivity index (χ3v) is 3.04. The molecule has 0 atom stereocenters. The summed E-state index contributed by atoms with van der Waals surface area (Å²) in [6, 6.07) is 5.36. The zero-order valence-electron chi connectivity index (χ0n) is 9.52. The molecule has 1 fully saturated rings. The molecule has 1 saturated heterocycles. The summed E-state index contributed by atoms with van der Waals surface area (Å²) < 4.78 is 15.5. The van der Waals surface area contributed by atoms with E-state index >= 15 is 0 Å². The highest BCUT2D eigenvalue weighted by Crippen LogP contribution is 2.22. The van der Waals surface area contributed by atoms with Crippen molar-refractivity contribution in [2.75, 3.05) is 13.1 Å². The Bertz CT molecular complexity index is 545. The largest absolute Gasteiger partial charge is 0.312 e. The highest BCUT2D eigenvalue weighted by atomic mass is 19.1. The maximum Gasteiger partial charge on any atom is 0.132 e. The van der Waals surface area contributed by atoms with Gasteiger partial charge in [0.25, 0.3) is 0 Å². The van der Waals surface area contributed by atoms with Gasteiger partial charge in [0.1, 0.15) is 11.5 Å². The molecule has 1 aromatic carbocycles. The Morgan fingerprint density at radius 1 is 1.41 bits per heavy atom. The number of hydrogen-bond donors (Lipinski definition) is 1. The Kier molecular flexibility index (Phi) is 2.40. The third kappa shape index (κ3) is 1.82. The van der Waals surface area contributed by atoms with Crippen molar-refractivity contribution in [1.29, 1.82) is 0 Å². The summed E-state index contributed by atoms with van der Waals surface area (Å²) in [5, 5.41) is 11.2. The van der Waals surface area contributed by atoms with Gasteiger partial charge < -0.3 is 5.32 Å². The average Bonchev–Trinajstić information content (AvgIpc) is 2.68. The monoisotopic (exact) mass is 232 g/mol. The molecule has 0 unspecified atom stereocenters. The first-order valence-corrected chi connectivity index (χ1v) is 5.63. The van der Waals surface area contributed by atoms with Crippen LogP contribution in [-0.4, -0.2) is 28.1 Å². The van der Waals surface area contributed by atoms with E-state index in [1.807, 2.05) is 13.1 Å². The molecule has 5 heteroatoms. The molecule has 0 bridgehead atoms. The second-order valence-electron chi connectivity index (χ2n) is 4.38. The first-order valence-electron chi connectivity index (χ1n) is 5.63. The number of rotatable bonds is 2. The van der Waals surface area contributed by atoms with Gasteiger partial charge in [-0.1, -0.05) is 16.8 Å². The van der Waals surface area contributed by atoms with Gasteiger partial charge in [-0.25, -0.2) is 9.07 Å². The van der Waals surface area contributed by atoms with Gasteiger partial charge in [0.05, 0.1) is 12.2 Å². The smallest absolute Gasteiger partial charge is 0.132 e. The van der Waals surface area contributed by atoms with Crippen LogP contribution in [0.1, 0.15) is 11.6 Å². The Labute approximate surface area is 98.5 Å². The first-order chi connectivity index (χ1) is 8.24. The van der Waals surface area contributed by atoms with E-state index in [2.05, 4.69) is 15.6 Å². The van der Waals surface area contributed by atoms with E-state index in [4.69, 9.17) is 0 Å². The lowest BCUT2D eigenvalue weighted by Gasteiger charge is -2.26. The molecule has 2 aromatic rings. The van der Waals surface area contributed by atoms with Crippen LogP contribution in [0.3, 0.4) is 0 Å². The number of halogens is 1. The Hall–Kier alpha value is -1.75. The van der Waals surface area contributed by atoms with Gasteiger partial charge in [-0.3, -0.25) is 0 Å². The van der Waals surface area contributed by atoms with Crippen molar-refractivity contribution in [2.24, 2.45) is 0 Å². The third-order valence-electron chi connectivity index (χ3n) is 3.04. The molecule has 1 aliphatic rings. The maximum atomic E-state index is 13.7. The molecular weight excluding hydrogens is 219 g/mol. The van der Waals surface area contributed by atoms with Crippen molar-refractivity contribution < 1.29 is 4.39 Å². The maximum absolute atomic E-state index is 13.7. The minimum atomic E-state index is -0.255. The Balaban J connectivity index is 1.97. The summed E-state index contributed by atoms with van der Waals surface area (Å²) in [6.45, 7) is 3.74. The highest BCUT2D eigenvalue weighted by Gasteiger charge is 2.20. The molecule has 1 aromatic heterocycles. The number of hydrogen-bond acceptors (Lipinski definition) is 3. The van der Waals surface area contributed by atoms with Crippen LogP contribution in [-0.2, 0) is 0 Å². The number of aromatic nitrogens is 3. The van der Waals surface area contributed by atoms with Gasteiger partial charge in [-0.05, 0) is 19.1 Å². The summed E-state index contributed by atoms with van der Waals surface area (Å²) in [5.74, 6) is -0.255. The summed E-state index contributed by atoms with van der Waals surface area (Å²) in [5.41, 5.74) is 2.13. The molecule has 1 N–H and O–H groups in total. The average molecular weight is 232 g/mol. The quantitative estimate of drug-likeness (QED) is 0.854. The van der Waals surface area contributed by atoms with E-state index in [0.29, 0.717) is 17.3 Å². The lowest BCUT2D eigenvalue weighted by atomic mass is 10.1. The summed E-state index contributed by atoms with van der Waals surface area (Å²) >= 11 is 0. The standard InChI is InChI=1S/C12H13FN4/c1-8-2-3-11(13)10(4-8)12-7-17(16-15-12)9-5-14-6-9/h2-4,7,9,14H,5-6H2,1H3. The van der Waals surface area contributed by atoms with Gasteiger partial charge in [-0.2, -0.15) is 0 Å². The molecular formula is C12H13FN4. The fourth-order valence-corrected chi connectivity index (χ4v) is 1.87. The van der Waals surface area contributed by atoms with Gasteiger partial charge >= 0.3 is 0 Å². The number of benzene rings is 1. The summed E-state index contributed by atoms with van der Waals surface area (Å²) in [7, 11) is 0. The Morgan fingerprint density at radius 3 is 2.94 bits per heavy atom. The molecule has 88 valence electrons. The molecule has 1 aliphatic heterocycles. The van der Waals surface area contributed by atoms with Crippen LogP contribution >= 0.6 is 0 Å². The molecule has 0 spiro atoms. The zero-order chi connectivity index (χ0) is 11.8. The number of aryl methyl sites for hydroxylation is 1. The fourth-order valence-electron chi connectivity index (χ4n) is 1.87. The van der Waals surface area contributed by atoms with E-state index in [9.17, 15) is 4.39 Å². The van der Waals surface area contributed by atoms with Crippen LogP contribution in [0.15, 0.2) is 24.4 Å². The molecule has 3 rings (SSSR count). The number of nitrogens with zero attached hydrogens (tertiary/aromatic N) is 3. The molecule has 0 radical (unpaired) electrons. The molecule has 2 heterocycles. The number of nitrogens with one attached hydrogen (secondary N) is 1. The van der Waals surface area contributed by atoms with Crippen molar-refractivity contribution in [1.82, 2.24) is 20.3 Å². The normalized spacial score (nSPS) is 15.9. The van der Waals surface area contributed by atoms with Crippen molar-refractivity contribution >= 4 is 0 Å². The van der Waals surface area contributed by atoms with E-state index in [1.54, 1.807) is 16.8 Å². The van der Waals surface area contributed by atoms with Crippen LogP contribution in [0.25, 0.3) is 11.3 Å². The lowest BCUT2D eigenvalue weighted by Crippen LogP contribution is -2.43. The van der Waals surface area contributed by atoms with Crippen molar-refractivity contribution in [2.45, 2.75) is 13.0 Å². The van der Waals surface area contributed by atoms with Crippen LogP contribution < -0.4 is 5.32 Å². The molecule has 0 saturated carbocycles. The zero-order valence-corrected chi connectivity index (χ0v) is 9.52. The van der Waals surface area contributed by atoms with Crippen molar-refractivity contribution in [3.05, 3.63) is 35.8 Å². The Morgan fingerprint density at radius 2 is 2.24 bits per heavy atom. The lowest BCUT2D eigenvalue weighted by molar-refractivity contribution is 0.313. The topological polar surface area (TPSA) is 42.7 Å². The predicted molar refractivity (Wildman–Crippen MR) is 62.1 cm³/mol. The van der Waals surface area contributed by atoms with Gasteiger partial charge in [-0.15, -0.1) is 5.10 Å². The van der Waals surface area contributed by atoms with Crippen LogP contribution in [0.5, 0.6) is 0 Å². The highest BCUT2D eigenvalue weighted by molar-refractivity contribution is 5.59. The summed E-state index contributed by atoms with van der Waals surface area (Å²) in [4.78, 5) is 0. The molecule has 17 heavy (non-hydrogen) atoms. The molecule has 0 amide bonds. The van der Waals surface area contributed by atoms with Crippen LogP contribution in [0.4, 0.5) is 4.39 Å².